The number of halogens is 1. The number of ether oxygens (including phenoxy) is 1. The number of nitrogens with zero attached hydrogens (tertiary/aromatic N) is 1. The van der Waals surface area contributed by atoms with Gasteiger partial charge in [0.2, 0.25) is 5.88 Å². The average molecular weight is 335 g/mol. The molecule has 0 amide bonds. The quantitative estimate of drug-likeness (QED) is 0.875. The van der Waals surface area contributed by atoms with Gasteiger partial charge in [0.25, 0.3) is 0 Å². The van der Waals surface area contributed by atoms with E-state index in [1.165, 1.54) is 5.56 Å². The van der Waals surface area contributed by atoms with Crippen molar-refractivity contribution >= 4 is 15.9 Å². The zero-order chi connectivity index (χ0) is 14.5. The fourth-order valence-electron chi connectivity index (χ4n) is 1.93. The van der Waals surface area contributed by atoms with Crippen molar-refractivity contribution in [1.29, 1.82) is 0 Å². The van der Waals surface area contributed by atoms with E-state index in [1.54, 1.807) is 6.20 Å². The Morgan fingerprint density at radius 3 is 2.80 bits per heavy atom. The van der Waals surface area contributed by atoms with Gasteiger partial charge in [0.05, 0.1) is 0 Å². The second-order valence-electron chi connectivity index (χ2n) is 4.98. The molecule has 20 heavy (non-hydrogen) atoms. The third-order valence-electron chi connectivity index (χ3n) is 3.00. The van der Waals surface area contributed by atoms with Crippen molar-refractivity contribution in [1.82, 2.24) is 10.3 Å². The summed E-state index contributed by atoms with van der Waals surface area (Å²) in [6.45, 7) is 5.05. The van der Waals surface area contributed by atoms with E-state index < -0.39 is 0 Å². The standard InChI is InChI=1S/C16H19BrN2O/c1-11(2)12-5-4-6-15(8-12)20-16-13(9-18-3)7-14(17)10-19-16/h4-8,10-11,18H,9H2,1-3H3. The highest BCUT2D eigenvalue weighted by Gasteiger charge is 2.08. The summed E-state index contributed by atoms with van der Waals surface area (Å²) in [7, 11) is 1.91. The minimum Gasteiger partial charge on any atom is -0.439 e. The van der Waals surface area contributed by atoms with Crippen molar-refractivity contribution < 1.29 is 4.74 Å². The average Bonchev–Trinajstić information content (AvgIpc) is 2.42. The van der Waals surface area contributed by atoms with Crippen molar-refractivity contribution in [3.05, 3.63) is 52.1 Å². The SMILES string of the molecule is CNCc1cc(Br)cnc1Oc1cccc(C(C)C)c1. The fourth-order valence-corrected chi connectivity index (χ4v) is 2.31. The smallest absolute Gasteiger partial charge is 0.223 e. The van der Waals surface area contributed by atoms with Crippen LogP contribution in [-0.4, -0.2) is 12.0 Å². The number of benzene rings is 1. The Morgan fingerprint density at radius 1 is 1.30 bits per heavy atom. The number of aromatic nitrogens is 1. The van der Waals surface area contributed by atoms with E-state index in [9.17, 15) is 0 Å². The molecule has 0 radical (unpaired) electrons. The predicted octanol–water partition coefficient (Wildman–Crippen LogP) is 4.48. The first-order valence-electron chi connectivity index (χ1n) is 6.67. The van der Waals surface area contributed by atoms with Crippen molar-refractivity contribution in [2.24, 2.45) is 0 Å². The molecule has 3 nitrogen and oxygen atoms in total. The summed E-state index contributed by atoms with van der Waals surface area (Å²) in [5, 5.41) is 3.13. The Kier molecular flexibility index (Phi) is 5.15. The second-order valence-corrected chi connectivity index (χ2v) is 5.89. The minimum atomic E-state index is 0.480. The van der Waals surface area contributed by atoms with E-state index in [2.05, 4.69) is 52.2 Å². The first-order valence-corrected chi connectivity index (χ1v) is 7.46. The van der Waals surface area contributed by atoms with Gasteiger partial charge in [0.15, 0.2) is 0 Å². The van der Waals surface area contributed by atoms with E-state index in [-0.39, 0.29) is 0 Å². The largest absolute Gasteiger partial charge is 0.439 e. The van der Waals surface area contributed by atoms with Crippen LogP contribution in [0.1, 0.15) is 30.9 Å². The van der Waals surface area contributed by atoms with Crippen LogP contribution in [-0.2, 0) is 6.54 Å². The van der Waals surface area contributed by atoms with Crippen LogP contribution < -0.4 is 10.1 Å². The first kappa shape index (κ1) is 15.0. The van der Waals surface area contributed by atoms with Gasteiger partial charge >= 0.3 is 0 Å². The molecule has 1 aromatic heterocycles. The topological polar surface area (TPSA) is 34.2 Å². The van der Waals surface area contributed by atoms with E-state index >= 15 is 0 Å². The third-order valence-corrected chi connectivity index (χ3v) is 3.43. The van der Waals surface area contributed by atoms with Gasteiger partial charge < -0.3 is 10.1 Å². The highest BCUT2D eigenvalue weighted by Crippen LogP contribution is 2.27. The minimum absolute atomic E-state index is 0.480. The molecule has 1 heterocycles. The molecule has 0 fully saturated rings. The van der Waals surface area contributed by atoms with Crippen LogP contribution in [0.3, 0.4) is 0 Å². The van der Waals surface area contributed by atoms with E-state index in [1.807, 2.05) is 25.2 Å². The molecule has 106 valence electrons. The normalized spacial score (nSPS) is 10.8. The monoisotopic (exact) mass is 334 g/mol. The summed E-state index contributed by atoms with van der Waals surface area (Å²) in [5.41, 5.74) is 2.28. The summed E-state index contributed by atoms with van der Waals surface area (Å²) >= 11 is 3.44. The second kappa shape index (κ2) is 6.86. The number of pyridine rings is 1. The van der Waals surface area contributed by atoms with Crippen molar-refractivity contribution in [2.45, 2.75) is 26.3 Å². The lowest BCUT2D eigenvalue weighted by Gasteiger charge is -2.12. The molecule has 0 aliphatic rings. The van der Waals surface area contributed by atoms with Gasteiger partial charge in [-0.1, -0.05) is 26.0 Å². The molecule has 0 atom stereocenters. The maximum absolute atomic E-state index is 5.94. The molecule has 0 saturated heterocycles. The van der Waals surface area contributed by atoms with Crippen LogP contribution in [0.15, 0.2) is 41.0 Å². The highest BCUT2D eigenvalue weighted by molar-refractivity contribution is 9.10. The Hall–Kier alpha value is -1.39. The first-order chi connectivity index (χ1) is 9.60. The van der Waals surface area contributed by atoms with Crippen LogP contribution in [0.25, 0.3) is 0 Å². The zero-order valence-electron chi connectivity index (χ0n) is 12.0. The predicted molar refractivity (Wildman–Crippen MR) is 85.3 cm³/mol. The Labute approximate surface area is 128 Å². The third kappa shape index (κ3) is 3.81. The number of hydrogen-bond acceptors (Lipinski definition) is 3. The maximum Gasteiger partial charge on any atom is 0.223 e. The molecule has 0 unspecified atom stereocenters. The Morgan fingerprint density at radius 2 is 2.10 bits per heavy atom. The molecular weight excluding hydrogens is 316 g/mol. The van der Waals surface area contributed by atoms with Crippen LogP contribution in [0.5, 0.6) is 11.6 Å². The van der Waals surface area contributed by atoms with Gasteiger partial charge in [0.1, 0.15) is 5.75 Å². The molecule has 0 aliphatic heterocycles. The Balaban J connectivity index is 2.27. The Bertz CT molecular complexity index is 584. The van der Waals surface area contributed by atoms with Gasteiger partial charge in [-0.2, -0.15) is 0 Å². The summed E-state index contributed by atoms with van der Waals surface area (Å²) in [6.07, 6.45) is 1.75. The molecule has 2 rings (SSSR count). The van der Waals surface area contributed by atoms with Gasteiger partial charge in [-0.15, -0.1) is 0 Å². The molecule has 0 spiro atoms. The number of rotatable bonds is 5. The van der Waals surface area contributed by atoms with E-state index in [4.69, 9.17) is 4.74 Å². The number of hydrogen-bond donors (Lipinski definition) is 1. The lowest BCUT2D eigenvalue weighted by atomic mass is 10.0. The van der Waals surface area contributed by atoms with E-state index in [0.29, 0.717) is 18.3 Å². The maximum atomic E-state index is 5.94. The van der Waals surface area contributed by atoms with Crippen molar-refractivity contribution in [3.8, 4) is 11.6 Å². The zero-order valence-corrected chi connectivity index (χ0v) is 13.6. The molecule has 4 heteroatoms. The van der Waals surface area contributed by atoms with Crippen LogP contribution in [0.2, 0.25) is 0 Å². The van der Waals surface area contributed by atoms with E-state index in [0.717, 1.165) is 15.8 Å². The van der Waals surface area contributed by atoms with Gasteiger partial charge in [0, 0.05) is 22.8 Å². The van der Waals surface area contributed by atoms with Crippen LogP contribution in [0.4, 0.5) is 0 Å². The van der Waals surface area contributed by atoms with Gasteiger partial charge in [-0.05, 0) is 52.7 Å². The molecule has 1 aromatic carbocycles. The van der Waals surface area contributed by atoms with Crippen molar-refractivity contribution in [3.63, 3.8) is 0 Å². The van der Waals surface area contributed by atoms with Crippen LogP contribution >= 0.6 is 15.9 Å². The van der Waals surface area contributed by atoms with Gasteiger partial charge in [-0.3, -0.25) is 0 Å². The summed E-state index contributed by atoms with van der Waals surface area (Å²) < 4.78 is 6.89. The molecule has 1 N–H and O–H groups in total. The summed E-state index contributed by atoms with van der Waals surface area (Å²) in [4.78, 5) is 4.36. The summed E-state index contributed by atoms with van der Waals surface area (Å²) in [6, 6.07) is 10.2. The highest BCUT2D eigenvalue weighted by atomic mass is 79.9. The summed E-state index contributed by atoms with van der Waals surface area (Å²) in [5.74, 6) is 1.94. The fraction of sp³-hybridized carbons (Fsp3) is 0.312. The molecular formula is C16H19BrN2O. The number of nitrogens with one attached hydrogen (secondary N) is 1. The molecule has 0 aliphatic carbocycles. The lowest BCUT2D eigenvalue weighted by Crippen LogP contribution is -2.07. The lowest BCUT2D eigenvalue weighted by molar-refractivity contribution is 0.453. The molecule has 0 bridgehead atoms. The van der Waals surface area contributed by atoms with Crippen molar-refractivity contribution in [2.75, 3.05) is 7.05 Å². The van der Waals surface area contributed by atoms with Gasteiger partial charge in [-0.25, -0.2) is 4.98 Å². The molecule has 0 saturated carbocycles. The molecule has 2 aromatic rings. The van der Waals surface area contributed by atoms with Crippen LogP contribution in [0, 0.1) is 0 Å².